The Balaban J connectivity index is 3.53. The van der Waals surface area contributed by atoms with Gasteiger partial charge in [-0.05, 0) is 37.8 Å². The predicted octanol–water partition coefficient (Wildman–Crippen LogP) is 14.9. The smallest absolute Gasteiger partial charge is 0.180 e. The van der Waals surface area contributed by atoms with Gasteiger partial charge in [0.2, 0.25) is 0 Å². The minimum atomic E-state index is -4.44. The van der Waals surface area contributed by atoms with Gasteiger partial charge in [-0.2, -0.15) is 0 Å². The molecule has 0 fully saturated rings. The molecule has 0 bridgehead atoms. The first-order chi connectivity index (χ1) is 29.7. The van der Waals surface area contributed by atoms with E-state index in [0.29, 0.717) is 32.1 Å². The first kappa shape index (κ1) is 59.0. The van der Waals surface area contributed by atoms with Crippen LogP contribution in [-0.2, 0) is 39.3 Å². The topological polar surface area (TPSA) is 137 Å². The summed E-state index contributed by atoms with van der Waals surface area (Å²) in [4.78, 5) is -2.40. The maximum absolute atomic E-state index is 14.5. The standard InChI is InChI=1S/C50H94O8S4/c1-5-9-13-17-21-25-29-33-37-41-59(51,52)47-45-48(60(53,54)42-38-34-30-26-22-18-14-10-6-2)50(62(57,58)44-40-36-32-28-24-20-16-12-8-4)49(46-47)61(55,56)43-39-35-31-27-23-19-15-11-7-3/h45-46H,5-44H2,1-4H3. The third-order valence-corrected chi connectivity index (χ3v) is 20.0. The second-order valence-corrected chi connectivity index (χ2v) is 26.6. The van der Waals surface area contributed by atoms with Crippen molar-refractivity contribution in [2.24, 2.45) is 0 Å². The molecule has 0 spiro atoms. The van der Waals surface area contributed by atoms with Crippen LogP contribution in [-0.4, -0.2) is 56.7 Å². The molecule has 12 heteroatoms. The van der Waals surface area contributed by atoms with E-state index in [1.165, 1.54) is 70.6 Å². The summed E-state index contributed by atoms with van der Waals surface area (Å²) in [5, 5.41) is 0. The predicted molar refractivity (Wildman–Crippen MR) is 264 cm³/mol. The van der Waals surface area contributed by atoms with E-state index in [1.807, 2.05) is 0 Å². The third-order valence-electron chi connectivity index (χ3n) is 12.4. The monoisotopic (exact) mass is 951 g/mol. The minimum absolute atomic E-state index is 0.261. The Kier molecular flexibility index (Phi) is 33.6. The summed E-state index contributed by atoms with van der Waals surface area (Å²) in [6.45, 7) is 8.70. The van der Waals surface area contributed by atoms with Crippen LogP contribution in [0.4, 0.5) is 0 Å². The first-order valence-corrected chi connectivity index (χ1v) is 32.4. The van der Waals surface area contributed by atoms with Crippen molar-refractivity contribution in [3.8, 4) is 0 Å². The summed E-state index contributed by atoms with van der Waals surface area (Å²) in [6.07, 6.45) is 34.3. The molecule has 0 amide bonds. The second kappa shape index (κ2) is 35.2. The molecule has 0 saturated heterocycles. The van der Waals surface area contributed by atoms with E-state index in [0.717, 1.165) is 121 Å². The molecule has 0 aromatic heterocycles. The van der Waals surface area contributed by atoms with Crippen LogP contribution in [0.3, 0.4) is 0 Å². The Labute approximate surface area is 384 Å². The van der Waals surface area contributed by atoms with Crippen molar-refractivity contribution in [2.45, 2.75) is 278 Å². The number of sulfone groups is 4. The van der Waals surface area contributed by atoms with Gasteiger partial charge in [-0.1, -0.05) is 233 Å². The highest BCUT2D eigenvalue weighted by Crippen LogP contribution is 2.36. The van der Waals surface area contributed by atoms with Gasteiger partial charge in [0.1, 0.15) is 4.90 Å². The second-order valence-electron chi connectivity index (χ2n) is 18.3. The molecule has 1 aromatic carbocycles. The van der Waals surface area contributed by atoms with Gasteiger partial charge < -0.3 is 0 Å². The van der Waals surface area contributed by atoms with Crippen molar-refractivity contribution >= 4 is 39.3 Å². The highest BCUT2D eigenvalue weighted by atomic mass is 32.2. The molecule has 0 unspecified atom stereocenters. The van der Waals surface area contributed by atoms with E-state index < -0.39 is 64.7 Å². The summed E-state index contributed by atoms with van der Waals surface area (Å²) in [5.41, 5.74) is 0. The summed E-state index contributed by atoms with van der Waals surface area (Å²) in [5.74, 6) is -1.40. The molecule has 8 nitrogen and oxygen atoms in total. The molecule has 0 radical (unpaired) electrons. The molecular formula is C50H94O8S4. The van der Waals surface area contributed by atoms with Gasteiger partial charge in [-0.15, -0.1) is 0 Å². The highest BCUT2D eigenvalue weighted by Gasteiger charge is 2.36. The van der Waals surface area contributed by atoms with Gasteiger partial charge >= 0.3 is 0 Å². The van der Waals surface area contributed by atoms with Crippen LogP contribution >= 0.6 is 0 Å². The molecule has 1 rings (SSSR count). The fourth-order valence-electron chi connectivity index (χ4n) is 8.35. The van der Waals surface area contributed by atoms with Gasteiger partial charge in [0.05, 0.1) is 37.7 Å². The van der Waals surface area contributed by atoms with E-state index in [2.05, 4.69) is 27.7 Å². The molecule has 0 atom stereocenters. The van der Waals surface area contributed by atoms with Crippen LogP contribution in [0.25, 0.3) is 0 Å². The molecule has 0 aliphatic heterocycles. The summed E-state index contributed by atoms with van der Waals surface area (Å²) >= 11 is 0. The molecule has 0 aliphatic rings. The first-order valence-electron chi connectivity index (χ1n) is 25.8. The van der Waals surface area contributed by atoms with Crippen molar-refractivity contribution in [3.05, 3.63) is 12.1 Å². The van der Waals surface area contributed by atoms with E-state index in [-0.39, 0.29) is 36.5 Å². The Bertz CT molecular complexity index is 1650. The van der Waals surface area contributed by atoms with Gasteiger partial charge in [0.15, 0.2) is 39.3 Å². The zero-order valence-electron chi connectivity index (χ0n) is 40.3. The maximum Gasteiger partial charge on any atom is 0.180 e. The van der Waals surface area contributed by atoms with Crippen LogP contribution in [0, 0.1) is 0 Å². The fraction of sp³-hybridized carbons (Fsp3) is 0.880. The van der Waals surface area contributed by atoms with Crippen LogP contribution in [0.15, 0.2) is 31.7 Å². The maximum atomic E-state index is 14.5. The summed E-state index contributed by atoms with van der Waals surface area (Å²) in [7, 11) is -17.4. The van der Waals surface area contributed by atoms with E-state index in [4.69, 9.17) is 0 Å². The van der Waals surface area contributed by atoms with Gasteiger partial charge in [0.25, 0.3) is 0 Å². The quantitative estimate of drug-likeness (QED) is 0.0590. The fourth-order valence-corrected chi connectivity index (χ4v) is 16.0. The SMILES string of the molecule is CCCCCCCCCCCS(=O)(=O)c1cc(S(=O)(=O)CCCCCCCCCCC)c(S(=O)(=O)CCCCCCCCCCC)c(S(=O)(=O)CCCCCCCCCCC)c1. The zero-order chi connectivity index (χ0) is 46.0. The third kappa shape index (κ3) is 26.2. The lowest BCUT2D eigenvalue weighted by Crippen LogP contribution is -2.22. The normalized spacial score (nSPS) is 12.7. The lowest BCUT2D eigenvalue weighted by Gasteiger charge is -2.19. The van der Waals surface area contributed by atoms with Crippen LogP contribution in [0.1, 0.15) is 259 Å². The Hall–Kier alpha value is -0.980. The van der Waals surface area contributed by atoms with Crippen LogP contribution < -0.4 is 0 Å². The number of hydrogen-bond donors (Lipinski definition) is 0. The van der Waals surface area contributed by atoms with E-state index in [1.54, 1.807) is 0 Å². The minimum Gasteiger partial charge on any atom is -0.224 e. The molecule has 0 N–H and O–H groups in total. The molecule has 1 aromatic rings. The summed E-state index contributed by atoms with van der Waals surface area (Å²) in [6, 6.07) is 1.99. The average molecular weight is 952 g/mol. The zero-order valence-corrected chi connectivity index (χ0v) is 43.6. The van der Waals surface area contributed by atoms with Crippen molar-refractivity contribution in [1.29, 1.82) is 0 Å². The van der Waals surface area contributed by atoms with E-state index in [9.17, 15) is 33.7 Å². The molecule has 0 saturated carbocycles. The molecule has 62 heavy (non-hydrogen) atoms. The Morgan fingerprint density at radius 2 is 0.452 bits per heavy atom. The molecular weight excluding hydrogens is 857 g/mol. The molecule has 0 heterocycles. The lowest BCUT2D eigenvalue weighted by molar-refractivity contribution is 0.554. The Morgan fingerprint density at radius 3 is 0.694 bits per heavy atom. The van der Waals surface area contributed by atoms with Gasteiger partial charge in [0, 0.05) is 0 Å². The largest absolute Gasteiger partial charge is 0.224 e. The average Bonchev–Trinajstić information content (AvgIpc) is 3.23. The number of hydrogen-bond acceptors (Lipinski definition) is 8. The molecule has 0 aliphatic carbocycles. The van der Waals surface area contributed by atoms with Crippen molar-refractivity contribution in [1.82, 2.24) is 0 Å². The highest BCUT2D eigenvalue weighted by molar-refractivity contribution is 7.96. The van der Waals surface area contributed by atoms with Crippen molar-refractivity contribution in [2.75, 3.05) is 23.0 Å². The number of unbranched alkanes of at least 4 members (excludes halogenated alkanes) is 32. The van der Waals surface area contributed by atoms with Crippen LogP contribution in [0.2, 0.25) is 0 Å². The van der Waals surface area contributed by atoms with Crippen molar-refractivity contribution < 1.29 is 33.7 Å². The van der Waals surface area contributed by atoms with E-state index >= 15 is 0 Å². The number of benzene rings is 1. The van der Waals surface area contributed by atoms with Crippen molar-refractivity contribution in [3.63, 3.8) is 0 Å². The summed E-state index contributed by atoms with van der Waals surface area (Å²) < 4.78 is 115. The Morgan fingerprint density at radius 1 is 0.258 bits per heavy atom. The lowest BCUT2D eigenvalue weighted by atomic mass is 10.1. The van der Waals surface area contributed by atoms with Gasteiger partial charge in [-0.25, -0.2) is 33.7 Å². The molecule has 366 valence electrons. The van der Waals surface area contributed by atoms with Crippen LogP contribution in [0.5, 0.6) is 0 Å². The number of rotatable bonds is 44. The van der Waals surface area contributed by atoms with Gasteiger partial charge in [-0.3, -0.25) is 0 Å².